The van der Waals surface area contributed by atoms with Crippen molar-refractivity contribution in [2.75, 3.05) is 33.7 Å². The first-order chi connectivity index (χ1) is 15.8. The number of nitrogens with zero attached hydrogens (tertiary/aromatic N) is 2. The summed E-state index contributed by atoms with van der Waals surface area (Å²) < 4.78 is 32.8. The van der Waals surface area contributed by atoms with Gasteiger partial charge in [0.2, 0.25) is 10.0 Å². The highest BCUT2D eigenvalue weighted by atomic mass is 32.2. The molecule has 4 atom stereocenters. The van der Waals surface area contributed by atoms with Crippen LogP contribution in [-0.2, 0) is 16.4 Å². The molecular formula is C25H35N3O4S. The number of aliphatic hydroxyl groups excluding tert-OH is 1. The molecule has 0 saturated carbocycles. The van der Waals surface area contributed by atoms with Gasteiger partial charge in [-0.1, -0.05) is 37.3 Å². The SMILES string of the molecule is CNS(=O)(=O)c1ccc2c(c1)CCC(C(O)N(C)[C@H](CN1CC[C@H](C)C1)c1ccccc1)O2. The molecular weight excluding hydrogens is 438 g/mol. The van der Waals surface area contributed by atoms with Gasteiger partial charge in [-0.2, -0.15) is 0 Å². The number of aliphatic hydroxyl groups is 1. The fourth-order valence-electron chi connectivity index (χ4n) is 4.91. The van der Waals surface area contributed by atoms with Gasteiger partial charge in [-0.3, -0.25) is 4.90 Å². The Morgan fingerprint density at radius 3 is 2.64 bits per heavy atom. The second-order valence-electron chi connectivity index (χ2n) is 9.33. The highest BCUT2D eigenvalue weighted by Gasteiger charge is 2.34. The van der Waals surface area contributed by atoms with Crippen LogP contribution in [0.2, 0.25) is 0 Å². The van der Waals surface area contributed by atoms with Crippen molar-refractivity contribution in [3.8, 4) is 5.75 Å². The minimum absolute atomic E-state index is 0.0413. The quantitative estimate of drug-likeness (QED) is 0.574. The Morgan fingerprint density at radius 1 is 1.21 bits per heavy atom. The van der Waals surface area contributed by atoms with Gasteiger partial charge < -0.3 is 14.7 Å². The summed E-state index contributed by atoms with van der Waals surface area (Å²) in [6.45, 7) is 5.31. The number of rotatable bonds is 8. The van der Waals surface area contributed by atoms with Crippen LogP contribution in [0.5, 0.6) is 5.75 Å². The number of likely N-dealkylation sites (tertiary alicyclic amines) is 1. The zero-order chi connectivity index (χ0) is 23.6. The van der Waals surface area contributed by atoms with Gasteiger partial charge in [-0.15, -0.1) is 0 Å². The Hall–Kier alpha value is -1.97. The van der Waals surface area contributed by atoms with E-state index in [9.17, 15) is 13.5 Å². The highest BCUT2D eigenvalue weighted by Crippen LogP contribution is 2.33. The van der Waals surface area contributed by atoms with Crippen molar-refractivity contribution in [3.63, 3.8) is 0 Å². The Kier molecular flexibility index (Phi) is 7.40. The normalized spacial score (nSPS) is 23.2. The van der Waals surface area contributed by atoms with E-state index in [-0.39, 0.29) is 10.9 Å². The van der Waals surface area contributed by atoms with Crippen LogP contribution in [0.25, 0.3) is 0 Å². The summed E-state index contributed by atoms with van der Waals surface area (Å²) in [4.78, 5) is 4.73. The van der Waals surface area contributed by atoms with E-state index in [1.807, 2.05) is 30.1 Å². The number of likely N-dealkylation sites (N-methyl/N-ethyl adjacent to an activating group) is 1. The smallest absolute Gasteiger partial charge is 0.240 e. The van der Waals surface area contributed by atoms with Gasteiger partial charge in [0.25, 0.3) is 0 Å². The molecule has 0 radical (unpaired) electrons. The van der Waals surface area contributed by atoms with Gasteiger partial charge in [0.05, 0.1) is 4.90 Å². The Balaban J connectivity index is 1.50. The maximum absolute atomic E-state index is 12.1. The third kappa shape index (κ3) is 5.41. The molecule has 0 aliphatic carbocycles. The molecule has 4 rings (SSSR count). The third-order valence-corrected chi connectivity index (χ3v) is 8.36. The molecule has 2 N–H and O–H groups in total. The first kappa shape index (κ1) is 24.2. The molecule has 2 aromatic rings. The third-order valence-electron chi connectivity index (χ3n) is 6.95. The molecule has 0 amide bonds. The highest BCUT2D eigenvalue weighted by molar-refractivity contribution is 7.89. The minimum atomic E-state index is -3.50. The number of ether oxygens (including phenoxy) is 1. The average Bonchev–Trinajstić information content (AvgIpc) is 3.26. The molecule has 2 aromatic carbocycles. The fraction of sp³-hybridized carbons (Fsp3) is 0.520. The molecule has 2 unspecified atom stereocenters. The van der Waals surface area contributed by atoms with Gasteiger partial charge >= 0.3 is 0 Å². The zero-order valence-electron chi connectivity index (χ0n) is 19.6. The van der Waals surface area contributed by atoms with Crippen molar-refractivity contribution in [1.29, 1.82) is 0 Å². The number of hydrogen-bond acceptors (Lipinski definition) is 6. The summed E-state index contributed by atoms with van der Waals surface area (Å²) in [6, 6.07) is 15.3. The number of aryl methyl sites for hydroxylation is 1. The van der Waals surface area contributed by atoms with E-state index in [0.29, 0.717) is 24.5 Å². The first-order valence-electron chi connectivity index (χ1n) is 11.7. The molecule has 33 heavy (non-hydrogen) atoms. The molecule has 180 valence electrons. The van der Waals surface area contributed by atoms with Gasteiger partial charge in [0.1, 0.15) is 18.1 Å². The van der Waals surface area contributed by atoms with Crippen molar-refractivity contribution in [2.45, 2.75) is 49.5 Å². The molecule has 1 saturated heterocycles. The molecule has 7 nitrogen and oxygen atoms in total. The standard InChI is InChI=1S/C25H35N3O4S/c1-18-13-14-28(16-18)17-22(19-7-5-4-6-8-19)27(3)25(29)24-11-9-20-15-21(33(30,31)26-2)10-12-23(20)32-24/h4-8,10,12,15,18,22,24-26,29H,9,11,13-14,16-17H2,1-3H3/t18-,22+,24?,25?/m0/s1. The molecule has 2 heterocycles. The van der Waals surface area contributed by atoms with Gasteiger partial charge in [0.15, 0.2) is 0 Å². The summed E-state index contributed by atoms with van der Waals surface area (Å²) in [5.41, 5.74) is 2.03. The summed E-state index contributed by atoms with van der Waals surface area (Å²) in [7, 11) is -0.136. The number of benzene rings is 2. The monoisotopic (exact) mass is 473 g/mol. The van der Waals surface area contributed by atoms with Crippen LogP contribution in [-0.4, -0.2) is 69.4 Å². The Labute approximate surface area is 197 Å². The molecule has 1 fully saturated rings. The lowest BCUT2D eigenvalue weighted by molar-refractivity contribution is -0.0887. The van der Waals surface area contributed by atoms with Crippen molar-refractivity contribution in [1.82, 2.24) is 14.5 Å². The van der Waals surface area contributed by atoms with Crippen molar-refractivity contribution in [3.05, 3.63) is 59.7 Å². The second kappa shape index (κ2) is 10.1. The van der Waals surface area contributed by atoms with Crippen molar-refractivity contribution < 1.29 is 18.3 Å². The van der Waals surface area contributed by atoms with Crippen molar-refractivity contribution in [2.24, 2.45) is 5.92 Å². The topological polar surface area (TPSA) is 82.1 Å². The lowest BCUT2D eigenvalue weighted by atomic mass is 9.99. The van der Waals surface area contributed by atoms with E-state index < -0.39 is 22.4 Å². The molecule has 0 bridgehead atoms. The maximum atomic E-state index is 12.1. The number of nitrogens with one attached hydrogen (secondary N) is 1. The van der Waals surface area contributed by atoms with Crippen LogP contribution in [0.3, 0.4) is 0 Å². The lowest BCUT2D eigenvalue weighted by Crippen LogP contribution is -2.49. The van der Waals surface area contributed by atoms with Gasteiger partial charge in [0, 0.05) is 19.1 Å². The maximum Gasteiger partial charge on any atom is 0.240 e. The van der Waals surface area contributed by atoms with Crippen LogP contribution in [0.15, 0.2) is 53.4 Å². The number of hydrogen-bond donors (Lipinski definition) is 2. The van der Waals surface area contributed by atoms with Gasteiger partial charge in [-0.05, 0) is 75.1 Å². The number of sulfonamides is 1. The van der Waals surface area contributed by atoms with Crippen LogP contribution in [0, 0.1) is 5.92 Å². The van der Waals surface area contributed by atoms with Crippen molar-refractivity contribution >= 4 is 10.0 Å². The van der Waals surface area contributed by atoms with E-state index in [0.717, 1.165) is 25.2 Å². The zero-order valence-corrected chi connectivity index (χ0v) is 20.5. The first-order valence-corrected chi connectivity index (χ1v) is 13.2. The van der Waals surface area contributed by atoms with Crippen LogP contribution < -0.4 is 9.46 Å². The van der Waals surface area contributed by atoms with E-state index >= 15 is 0 Å². The van der Waals surface area contributed by atoms with Crippen LogP contribution in [0.1, 0.15) is 36.9 Å². The largest absolute Gasteiger partial charge is 0.486 e. The molecule has 2 aliphatic heterocycles. The summed E-state index contributed by atoms with van der Waals surface area (Å²) in [5, 5.41) is 11.3. The number of fused-ring (bicyclic) bond motifs is 1. The summed E-state index contributed by atoms with van der Waals surface area (Å²) in [5.74, 6) is 1.34. The summed E-state index contributed by atoms with van der Waals surface area (Å²) >= 11 is 0. The minimum Gasteiger partial charge on any atom is -0.486 e. The molecule has 8 heteroatoms. The average molecular weight is 474 g/mol. The second-order valence-corrected chi connectivity index (χ2v) is 11.2. The molecule has 2 aliphatic rings. The van der Waals surface area contributed by atoms with E-state index in [4.69, 9.17) is 4.74 Å². The molecule has 0 spiro atoms. The van der Waals surface area contributed by atoms with Crippen LogP contribution in [0.4, 0.5) is 0 Å². The summed E-state index contributed by atoms with van der Waals surface area (Å²) in [6.07, 6.45) is 1.30. The van der Waals surface area contributed by atoms with E-state index in [2.05, 4.69) is 28.7 Å². The van der Waals surface area contributed by atoms with Gasteiger partial charge in [-0.25, -0.2) is 13.1 Å². The predicted molar refractivity (Wildman–Crippen MR) is 129 cm³/mol. The van der Waals surface area contributed by atoms with E-state index in [1.54, 1.807) is 18.2 Å². The van der Waals surface area contributed by atoms with E-state index in [1.165, 1.54) is 19.0 Å². The fourth-order valence-corrected chi connectivity index (χ4v) is 5.69. The molecule has 0 aromatic heterocycles. The lowest BCUT2D eigenvalue weighted by Gasteiger charge is -2.39. The van der Waals surface area contributed by atoms with Crippen LogP contribution >= 0.6 is 0 Å². The Morgan fingerprint density at radius 2 is 1.97 bits per heavy atom. The predicted octanol–water partition coefficient (Wildman–Crippen LogP) is 2.62. The Bertz CT molecular complexity index is 1050.